The van der Waals surface area contributed by atoms with Gasteiger partial charge < -0.3 is 4.90 Å². The van der Waals surface area contributed by atoms with Crippen LogP contribution in [0.3, 0.4) is 0 Å². The molecule has 8 heteroatoms. The van der Waals surface area contributed by atoms with E-state index in [4.69, 9.17) is 0 Å². The first-order valence-corrected chi connectivity index (χ1v) is 9.49. The molecule has 5 nitrogen and oxygen atoms in total. The van der Waals surface area contributed by atoms with Crippen molar-refractivity contribution in [2.75, 3.05) is 19.6 Å². The van der Waals surface area contributed by atoms with E-state index in [1.54, 1.807) is 6.92 Å². The Morgan fingerprint density at radius 3 is 2.67 bits per heavy atom. The Balaban J connectivity index is 2.16. The van der Waals surface area contributed by atoms with Gasteiger partial charge in [-0.2, -0.15) is 0 Å². The van der Waals surface area contributed by atoms with E-state index in [2.05, 4.69) is 4.72 Å². The molecule has 1 aliphatic rings. The molecule has 24 heavy (non-hydrogen) atoms. The van der Waals surface area contributed by atoms with Crippen LogP contribution >= 0.6 is 0 Å². The van der Waals surface area contributed by atoms with Crippen LogP contribution in [-0.2, 0) is 10.0 Å². The molecular formula is C16H22F2N2O3S. The van der Waals surface area contributed by atoms with Crippen LogP contribution < -0.4 is 4.72 Å². The van der Waals surface area contributed by atoms with Crippen molar-refractivity contribution in [2.45, 2.75) is 37.5 Å². The molecular weight excluding hydrogens is 338 g/mol. The zero-order valence-electron chi connectivity index (χ0n) is 13.5. The van der Waals surface area contributed by atoms with E-state index in [9.17, 15) is 22.0 Å². The largest absolute Gasteiger partial charge is 0.333 e. The fourth-order valence-electron chi connectivity index (χ4n) is 2.32. The van der Waals surface area contributed by atoms with Crippen LogP contribution in [0.15, 0.2) is 29.2 Å². The van der Waals surface area contributed by atoms with Crippen molar-refractivity contribution in [1.82, 2.24) is 9.62 Å². The summed E-state index contributed by atoms with van der Waals surface area (Å²) < 4.78 is 52.3. The van der Waals surface area contributed by atoms with Gasteiger partial charge in [-0.25, -0.2) is 21.9 Å². The van der Waals surface area contributed by atoms with Crippen molar-refractivity contribution >= 4 is 15.9 Å². The Hall–Kier alpha value is -1.54. The first-order valence-electron chi connectivity index (χ1n) is 8.00. The van der Waals surface area contributed by atoms with Gasteiger partial charge in [0.25, 0.3) is 12.3 Å². The molecule has 1 saturated carbocycles. The van der Waals surface area contributed by atoms with Gasteiger partial charge in [0, 0.05) is 18.7 Å². The lowest BCUT2D eigenvalue weighted by Crippen LogP contribution is -2.36. The second-order valence-electron chi connectivity index (χ2n) is 5.97. The van der Waals surface area contributed by atoms with E-state index >= 15 is 0 Å². The third-order valence-corrected chi connectivity index (χ3v) is 5.21. The average Bonchev–Trinajstić information content (AvgIpc) is 3.36. The van der Waals surface area contributed by atoms with E-state index in [0.717, 1.165) is 17.7 Å². The van der Waals surface area contributed by atoms with Gasteiger partial charge in [-0.15, -0.1) is 0 Å². The summed E-state index contributed by atoms with van der Waals surface area (Å²) in [6.07, 6.45) is -0.0617. The average molecular weight is 360 g/mol. The van der Waals surface area contributed by atoms with Gasteiger partial charge in [-0.05, 0) is 43.4 Å². The lowest BCUT2D eigenvalue weighted by atomic mass is 10.2. The number of sulfonamides is 1. The third kappa shape index (κ3) is 5.24. The molecule has 1 aromatic rings. The number of amides is 1. The first-order chi connectivity index (χ1) is 11.3. The molecule has 1 aliphatic carbocycles. The standard InChI is InChI=1S/C16H22F2N2O3S/c1-2-8-20(11-15(17)18)16(21)13-4-3-5-14(9-13)24(22,23)19-10-12-6-7-12/h3-5,9,12,15,19H,2,6-8,10-11H2,1H3. The van der Waals surface area contributed by atoms with Crippen molar-refractivity contribution < 1.29 is 22.0 Å². The van der Waals surface area contributed by atoms with E-state index in [1.165, 1.54) is 24.3 Å². The lowest BCUT2D eigenvalue weighted by molar-refractivity contribution is 0.0555. The molecule has 1 amide bonds. The van der Waals surface area contributed by atoms with Crippen molar-refractivity contribution in [3.8, 4) is 0 Å². The summed E-state index contributed by atoms with van der Waals surface area (Å²) in [5, 5.41) is 0. The maximum atomic E-state index is 12.6. The fourth-order valence-corrected chi connectivity index (χ4v) is 3.49. The van der Waals surface area contributed by atoms with Gasteiger partial charge in [0.15, 0.2) is 0 Å². The topological polar surface area (TPSA) is 66.5 Å². The van der Waals surface area contributed by atoms with Gasteiger partial charge in [0.1, 0.15) is 0 Å². The summed E-state index contributed by atoms with van der Waals surface area (Å²) in [6, 6.07) is 5.52. The van der Waals surface area contributed by atoms with E-state index < -0.39 is 28.9 Å². The predicted molar refractivity (Wildman–Crippen MR) is 86.6 cm³/mol. The Morgan fingerprint density at radius 2 is 2.08 bits per heavy atom. The van der Waals surface area contributed by atoms with Crippen LogP contribution in [0, 0.1) is 5.92 Å². The summed E-state index contributed by atoms with van der Waals surface area (Å²) in [5.41, 5.74) is 0.0957. The quantitative estimate of drug-likeness (QED) is 0.736. The summed E-state index contributed by atoms with van der Waals surface area (Å²) in [4.78, 5) is 13.4. The second kappa shape index (κ2) is 8.02. The summed E-state index contributed by atoms with van der Waals surface area (Å²) in [7, 11) is -3.70. The summed E-state index contributed by atoms with van der Waals surface area (Å²) in [5.74, 6) is -0.202. The minimum Gasteiger partial charge on any atom is -0.333 e. The van der Waals surface area contributed by atoms with Crippen LogP contribution in [0.1, 0.15) is 36.5 Å². The number of alkyl halides is 2. The number of nitrogens with one attached hydrogen (secondary N) is 1. The molecule has 0 aliphatic heterocycles. The molecule has 0 saturated heterocycles. The van der Waals surface area contributed by atoms with Crippen LogP contribution in [-0.4, -0.2) is 45.3 Å². The normalized spacial score (nSPS) is 14.8. The van der Waals surface area contributed by atoms with Gasteiger partial charge in [0.2, 0.25) is 10.0 Å². The van der Waals surface area contributed by atoms with Gasteiger partial charge in [-0.3, -0.25) is 4.79 Å². The molecule has 0 aromatic heterocycles. The maximum absolute atomic E-state index is 12.6. The van der Waals surface area contributed by atoms with E-state index in [0.29, 0.717) is 18.9 Å². The number of hydrogen-bond acceptors (Lipinski definition) is 3. The van der Waals surface area contributed by atoms with Crippen molar-refractivity contribution in [3.05, 3.63) is 29.8 Å². The Morgan fingerprint density at radius 1 is 1.38 bits per heavy atom. The number of carbonyl (C=O) groups is 1. The molecule has 0 radical (unpaired) electrons. The Bertz CT molecular complexity index is 676. The third-order valence-electron chi connectivity index (χ3n) is 3.79. The van der Waals surface area contributed by atoms with Crippen LogP contribution in [0.25, 0.3) is 0 Å². The van der Waals surface area contributed by atoms with Gasteiger partial charge >= 0.3 is 0 Å². The number of benzene rings is 1. The first kappa shape index (κ1) is 18.8. The number of carbonyl (C=O) groups excluding carboxylic acids is 1. The van der Waals surface area contributed by atoms with Gasteiger partial charge in [-0.1, -0.05) is 13.0 Å². The monoisotopic (exact) mass is 360 g/mol. The molecule has 0 heterocycles. The SMILES string of the molecule is CCCN(CC(F)F)C(=O)c1cccc(S(=O)(=O)NCC2CC2)c1. The summed E-state index contributed by atoms with van der Waals surface area (Å²) >= 11 is 0. The molecule has 1 fully saturated rings. The highest BCUT2D eigenvalue weighted by Gasteiger charge is 2.25. The smallest absolute Gasteiger partial charge is 0.255 e. The minimum absolute atomic E-state index is 0.0255. The van der Waals surface area contributed by atoms with Gasteiger partial charge in [0.05, 0.1) is 11.4 Å². The summed E-state index contributed by atoms with van der Waals surface area (Å²) in [6.45, 7) is 1.70. The molecule has 0 spiro atoms. The molecule has 1 aromatic carbocycles. The predicted octanol–water partition coefficient (Wildman–Crippen LogP) is 2.49. The van der Waals surface area contributed by atoms with Crippen LogP contribution in [0.5, 0.6) is 0 Å². The number of halogens is 2. The minimum atomic E-state index is -3.70. The van der Waals surface area contributed by atoms with Crippen LogP contribution in [0.2, 0.25) is 0 Å². The maximum Gasteiger partial charge on any atom is 0.255 e. The van der Waals surface area contributed by atoms with E-state index in [-0.39, 0.29) is 17.0 Å². The Kier molecular flexibility index (Phi) is 6.28. The second-order valence-corrected chi connectivity index (χ2v) is 7.73. The molecule has 1 N–H and O–H groups in total. The molecule has 0 unspecified atom stereocenters. The fraction of sp³-hybridized carbons (Fsp3) is 0.562. The van der Waals surface area contributed by atoms with Crippen molar-refractivity contribution in [2.24, 2.45) is 5.92 Å². The highest BCUT2D eigenvalue weighted by molar-refractivity contribution is 7.89. The number of hydrogen-bond donors (Lipinski definition) is 1. The number of rotatable bonds is 9. The lowest BCUT2D eigenvalue weighted by Gasteiger charge is -2.22. The van der Waals surface area contributed by atoms with Crippen molar-refractivity contribution in [3.63, 3.8) is 0 Å². The van der Waals surface area contributed by atoms with Crippen LogP contribution in [0.4, 0.5) is 8.78 Å². The molecule has 0 bridgehead atoms. The molecule has 2 rings (SSSR count). The highest BCUT2D eigenvalue weighted by atomic mass is 32.2. The zero-order chi connectivity index (χ0) is 17.7. The molecule has 0 atom stereocenters. The van der Waals surface area contributed by atoms with E-state index in [1.807, 2.05) is 0 Å². The molecule has 134 valence electrons. The number of nitrogens with zero attached hydrogens (tertiary/aromatic N) is 1. The van der Waals surface area contributed by atoms with Crippen molar-refractivity contribution in [1.29, 1.82) is 0 Å². The Labute approximate surface area is 141 Å². The highest BCUT2D eigenvalue weighted by Crippen LogP contribution is 2.28. The zero-order valence-corrected chi connectivity index (χ0v) is 14.4.